The van der Waals surface area contributed by atoms with E-state index in [2.05, 4.69) is 31.3 Å². The SMILES string of the molecule is COc1ccc(C2Cc3cc(C)cc(C)c3N2)cc1F. The van der Waals surface area contributed by atoms with Crippen LogP contribution < -0.4 is 10.1 Å². The fourth-order valence-corrected chi connectivity index (χ4v) is 2.97. The van der Waals surface area contributed by atoms with Gasteiger partial charge in [0.15, 0.2) is 11.6 Å². The molecule has 1 unspecified atom stereocenters. The Morgan fingerprint density at radius 2 is 2.00 bits per heavy atom. The van der Waals surface area contributed by atoms with Crippen LogP contribution in [-0.4, -0.2) is 7.11 Å². The lowest BCUT2D eigenvalue weighted by atomic mass is 10.0. The second kappa shape index (κ2) is 4.82. The zero-order chi connectivity index (χ0) is 14.3. The molecule has 3 heteroatoms. The molecular formula is C17H18FNO. The third-order valence-electron chi connectivity index (χ3n) is 3.88. The van der Waals surface area contributed by atoms with Gasteiger partial charge in [0.1, 0.15) is 0 Å². The molecule has 1 heterocycles. The number of nitrogens with one attached hydrogen (secondary N) is 1. The van der Waals surface area contributed by atoms with E-state index in [4.69, 9.17) is 4.74 Å². The third kappa shape index (κ3) is 2.13. The van der Waals surface area contributed by atoms with Crippen molar-refractivity contribution in [2.45, 2.75) is 26.3 Å². The van der Waals surface area contributed by atoms with Crippen molar-refractivity contribution in [3.05, 3.63) is 58.4 Å². The summed E-state index contributed by atoms with van der Waals surface area (Å²) in [6.45, 7) is 4.21. The first-order chi connectivity index (χ1) is 9.58. The molecule has 0 saturated heterocycles. The Labute approximate surface area is 118 Å². The van der Waals surface area contributed by atoms with Crippen LogP contribution in [0.25, 0.3) is 0 Å². The molecule has 0 spiro atoms. The average molecular weight is 271 g/mol. The molecule has 2 nitrogen and oxygen atoms in total. The van der Waals surface area contributed by atoms with Gasteiger partial charge in [-0.25, -0.2) is 4.39 Å². The van der Waals surface area contributed by atoms with Crippen molar-refractivity contribution in [1.82, 2.24) is 0 Å². The van der Waals surface area contributed by atoms with Crippen LogP contribution in [0.4, 0.5) is 10.1 Å². The van der Waals surface area contributed by atoms with Crippen LogP contribution in [-0.2, 0) is 6.42 Å². The molecule has 0 aromatic heterocycles. The van der Waals surface area contributed by atoms with Crippen molar-refractivity contribution >= 4 is 5.69 Å². The predicted molar refractivity (Wildman–Crippen MR) is 78.9 cm³/mol. The van der Waals surface area contributed by atoms with Crippen LogP contribution >= 0.6 is 0 Å². The van der Waals surface area contributed by atoms with E-state index < -0.39 is 0 Å². The molecule has 2 aromatic rings. The molecule has 0 amide bonds. The number of hydrogen-bond acceptors (Lipinski definition) is 2. The van der Waals surface area contributed by atoms with Crippen LogP contribution in [0.3, 0.4) is 0 Å². The molecule has 2 aromatic carbocycles. The molecule has 0 saturated carbocycles. The number of ether oxygens (including phenoxy) is 1. The fourth-order valence-electron chi connectivity index (χ4n) is 2.97. The summed E-state index contributed by atoms with van der Waals surface area (Å²) in [7, 11) is 1.48. The van der Waals surface area contributed by atoms with Crippen LogP contribution in [0.5, 0.6) is 5.75 Å². The quantitative estimate of drug-likeness (QED) is 0.885. The van der Waals surface area contributed by atoms with Gasteiger partial charge in [0, 0.05) is 5.69 Å². The van der Waals surface area contributed by atoms with Gasteiger partial charge in [0.05, 0.1) is 13.2 Å². The van der Waals surface area contributed by atoms with Crippen molar-refractivity contribution in [3.63, 3.8) is 0 Å². The number of fused-ring (bicyclic) bond motifs is 1. The summed E-state index contributed by atoms with van der Waals surface area (Å²) in [5.41, 5.74) is 5.97. The standard InChI is InChI=1S/C17H18FNO/c1-10-6-11(2)17-13(7-10)9-15(19-17)12-4-5-16(20-3)14(18)8-12/h4-8,15,19H,9H2,1-3H3. The van der Waals surface area contributed by atoms with Gasteiger partial charge < -0.3 is 10.1 Å². The van der Waals surface area contributed by atoms with Crippen LogP contribution in [0, 0.1) is 19.7 Å². The van der Waals surface area contributed by atoms with Gasteiger partial charge in [0.2, 0.25) is 0 Å². The van der Waals surface area contributed by atoms with Gasteiger partial charge in [-0.2, -0.15) is 0 Å². The highest BCUT2D eigenvalue weighted by atomic mass is 19.1. The largest absolute Gasteiger partial charge is 0.494 e. The maximum atomic E-state index is 13.8. The Balaban J connectivity index is 1.92. The Kier molecular flexibility index (Phi) is 3.13. The van der Waals surface area contributed by atoms with Crippen molar-refractivity contribution in [1.29, 1.82) is 0 Å². The molecule has 1 N–H and O–H groups in total. The van der Waals surface area contributed by atoms with Crippen LogP contribution in [0.1, 0.15) is 28.3 Å². The van der Waals surface area contributed by atoms with E-state index in [9.17, 15) is 4.39 Å². The Morgan fingerprint density at radius 3 is 2.70 bits per heavy atom. The Bertz CT molecular complexity index is 666. The van der Waals surface area contributed by atoms with Crippen molar-refractivity contribution in [2.75, 3.05) is 12.4 Å². The topological polar surface area (TPSA) is 21.3 Å². The first-order valence-corrected chi connectivity index (χ1v) is 6.78. The third-order valence-corrected chi connectivity index (χ3v) is 3.88. The second-order valence-electron chi connectivity index (χ2n) is 5.41. The summed E-state index contributed by atoms with van der Waals surface area (Å²) in [4.78, 5) is 0. The van der Waals surface area contributed by atoms with Crippen molar-refractivity contribution < 1.29 is 9.13 Å². The van der Waals surface area contributed by atoms with Crippen LogP contribution in [0.15, 0.2) is 30.3 Å². The predicted octanol–water partition coefficient (Wildman–Crippen LogP) is 4.16. The highest BCUT2D eigenvalue weighted by Crippen LogP contribution is 2.37. The normalized spacial score (nSPS) is 16.7. The Morgan fingerprint density at radius 1 is 1.20 bits per heavy atom. The summed E-state index contributed by atoms with van der Waals surface area (Å²) in [6.07, 6.45) is 0.892. The van der Waals surface area contributed by atoms with E-state index in [1.54, 1.807) is 12.1 Å². The minimum absolute atomic E-state index is 0.130. The number of halogens is 1. The lowest BCUT2D eigenvalue weighted by Gasteiger charge is -2.13. The van der Waals surface area contributed by atoms with Gasteiger partial charge in [-0.05, 0) is 49.1 Å². The minimum Gasteiger partial charge on any atom is -0.494 e. The molecule has 0 bridgehead atoms. The zero-order valence-electron chi connectivity index (χ0n) is 12.0. The molecule has 1 atom stereocenters. The first kappa shape index (κ1) is 13.0. The summed E-state index contributed by atoms with van der Waals surface area (Å²) in [5, 5.41) is 3.50. The smallest absolute Gasteiger partial charge is 0.165 e. The first-order valence-electron chi connectivity index (χ1n) is 6.78. The number of rotatable bonds is 2. The second-order valence-corrected chi connectivity index (χ2v) is 5.41. The minimum atomic E-state index is -0.310. The van der Waals surface area contributed by atoms with E-state index in [1.807, 2.05) is 6.07 Å². The molecule has 0 aliphatic carbocycles. The van der Waals surface area contributed by atoms with Crippen molar-refractivity contribution in [3.8, 4) is 5.75 Å². The lowest BCUT2D eigenvalue weighted by Crippen LogP contribution is -2.06. The molecule has 20 heavy (non-hydrogen) atoms. The van der Waals surface area contributed by atoms with Gasteiger partial charge in [-0.1, -0.05) is 23.8 Å². The molecule has 0 radical (unpaired) electrons. The molecule has 3 rings (SSSR count). The summed E-state index contributed by atoms with van der Waals surface area (Å²) >= 11 is 0. The van der Waals surface area contributed by atoms with E-state index >= 15 is 0 Å². The van der Waals surface area contributed by atoms with Gasteiger partial charge in [-0.3, -0.25) is 0 Å². The molecule has 1 aliphatic heterocycles. The number of hydrogen-bond donors (Lipinski definition) is 1. The number of anilines is 1. The molecule has 0 fully saturated rings. The highest BCUT2D eigenvalue weighted by Gasteiger charge is 2.24. The van der Waals surface area contributed by atoms with Gasteiger partial charge in [0.25, 0.3) is 0 Å². The maximum Gasteiger partial charge on any atom is 0.165 e. The van der Waals surface area contributed by atoms with Crippen molar-refractivity contribution in [2.24, 2.45) is 0 Å². The monoisotopic (exact) mass is 271 g/mol. The summed E-state index contributed by atoms with van der Waals surface area (Å²) in [6, 6.07) is 9.68. The van der Waals surface area contributed by atoms with E-state index in [1.165, 1.54) is 29.5 Å². The average Bonchev–Trinajstić information content (AvgIpc) is 2.82. The Hall–Kier alpha value is -2.03. The zero-order valence-corrected chi connectivity index (χ0v) is 12.0. The van der Waals surface area contributed by atoms with E-state index in [0.717, 1.165) is 12.0 Å². The lowest BCUT2D eigenvalue weighted by molar-refractivity contribution is 0.386. The van der Waals surface area contributed by atoms with E-state index in [-0.39, 0.29) is 17.6 Å². The molecule has 104 valence electrons. The maximum absolute atomic E-state index is 13.8. The number of benzene rings is 2. The molecular weight excluding hydrogens is 253 g/mol. The fraction of sp³-hybridized carbons (Fsp3) is 0.294. The summed E-state index contributed by atoms with van der Waals surface area (Å²) < 4.78 is 18.8. The molecule has 1 aliphatic rings. The number of aryl methyl sites for hydroxylation is 2. The van der Waals surface area contributed by atoms with Gasteiger partial charge in [-0.15, -0.1) is 0 Å². The van der Waals surface area contributed by atoms with Gasteiger partial charge >= 0.3 is 0 Å². The van der Waals surface area contributed by atoms with Crippen LogP contribution in [0.2, 0.25) is 0 Å². The number of methoxy groups -OCH3 is 1. The summed E-state index contributed by atoms with van der Waals surface area (Å²) in [5.74, 6) is -0.0213. The van der Waals surface area contributed by atoms with E-state index in [0.29, 0.717) is 0 Å². The highest BCUT2D eigenvalue weighted by molar-refractivity contribution is 5.64.